The largest absolute Gasteiger partial charge is 0.356 e. The second kappa shape index (κ2) is 7.16. The van der Waals surface area contributed by atoms with Gasteiger partial charge in [0.25, 0.3) is 0 Å². The summed E-state index contributed by atoms with van der Waals surface area (Å²) in [6.45, 7) is 8.76. The summed E-state index contributed by atoms with van der Waals surface area (Å²) in [5.74, 6) is 0. The molecule has 0 saturated heterocycles. The summed E-state index contributed by atoms with van der Waals surface area (Å²) in [7, 11) is 0. The van der Waals surface area contributed by atoms with Crippen LogP contribution in [0, 0.1) is 0 Å². The van der Waals surface area contributed by atoms with Crippen molar-refractivity contribution in [1.82, 2.24) is 0 Å². The SMILES string of the molecule is C/C=C\C(=C/C)c1ccc(Nc2ccc3c(c2)C(C)(C)c2ccccc2-3)cc1. The summed E-state index contributed by atoms with van der Waals surface area (Å²) in [4.78, 5) is 0. The zero-order valence-electron chi connectivity index (χ0n) is 17.1. The highest BCUT2D eigenvalue weighted by molar-refractivity contribution is 5.83. The molecule has 0 aliphatic heterocycles. The molecule has 0 heterocycles. The van der Waals surface area contributed by atoms with Crippen LogP contribution in [-0.2, 0) is 5.41 Å². The van der Waals surface area contributed by atoms with E-state index in [1.54, 1.807) is 0 Å². The highest BCUT2D eigenvalue weighted by Crippen LogP contribution is 2.49. The van der Waals surface area contributed by atoms with Gasteiger partial charge in [-0.05, 0) is 71.5 Å². The molecule has 0 spiro atoms. The molecule has 3 aromatic carbocycles. The molecule has 4 rings (SSSR count). The highest BCUT2D eigenvalue weighted by Gasteiger charge is 2.35. The molecule has 3 aromatic rings. The van der Waals surface area contributed by atoms with Crippen LogP contribution in [0.15, 0.2) is 85.0 Å². The first-order valence-corrected chi connectivity index (χ1v) is 9.95. The summed E-state index contributed by atoms with van der Waals surface area (Å²) in [5.41, 5.74) is 10.3. The lowest BCUT2D eigenvalue weighted by Gasteiger charge is -2.22. The van der Waals surface area contributed by atoms with Crippen molar-refractivity contribution in [2.45, 2.75) is 33.1 Å². The van der Waals surface area contributed by atoms with Gasteiger partial charge in [-0.1, -0.05) is 74.5 Å². The first-order chi connectivity index (χ1) is 13.5. The van der Waals surface area contributed by atoms with Gasteiger partial charge in [0.15, 0.2) is 0 Å². The van der Waals surface area contributed by atoms with Gasteiger partial charge in [-0.3, -0.25) is 0 Å². The summed E-state index contributed by atoms with van der Waals surface area (Å²) >= 11 is 0. The minimum Gasteiger partial charge on any atom is -0.356 e. The predicted molar refractivity (Wildman–Crippen MR) is 122 cm³/mol. The summed E-state index contributed by atoms with van der Waals surface area (Å²) in [6, 6.07) is 24.1. The first-order valence-electron chi connectivity index (χ1n) is 9.95. The molecule has 0 radical (unpaired) electrons. The minimum absolute atomic E-state index is 0.0286. The Balaban J connectivity index is 1.62. The van der Waals surface area contributed by atoms with Crippen LogP contribution in [0.2, 0.25) is 0 Å². The van der Waals surface area contributed by atoms with Crippen molar-refractivity contribution >= 4 is 16.9 Å². The van der Waals surface area contributed by atoms with Gasteiger partial charge < -0.3 is 5.32 Å². The fraction of sp³-hybridized carbons (Fsp3) is 0.185. The van der Waals surface area contributed by atoms with E-state index in [-0.39, 0.29) is 5.41 Å². The number of allylic oxidation sites excluding steroid dienone is 4. The van der Waals surface area contributed by atoms with Crippen LogP contribution in [0.1, 0.15) is 44.4 Å². The zero-order valence-corrected chi connectivity index (χ0v) is 17.1. The van der Waals surface area contributed by atoms with Gasteiger partial charge >= 0.3 is 0 Å². The Hall–Kier alpha value is -3.06. The smallest absolute Gasteiger partial charge is 0.0387 e. The zero-order chi connectivity index (χ0) is 19.7. The number of hydrogen-bond acceptors (Lipinski definition) is 1. The molecule has 1 heteroatoms. The van der Waals surface area contributed by atoms with Crippen LogP contribution in [0.5, 0.6) is 0 Å². The van der Waals surface area contributed by atoms with E-state index in [1.165, 1.54) is 33.4 Å². The lowest BCUT2D eigenvalue weighted by atomic mass is 9.82. The third-order valence-electron chi connectivity index (χ3n) is 5.75. The molecule has 0 aromatic heterocycles. The van der Waals surface area contributed by atoms with Gasteiger partial charge in [-0.25, -0.2) is 0 Å². The van der Waals surface area contributed by atoms with E-state index in [4.69, 9.17) is 0 Å². The maximum atomic E-state index is 3.58. The third kappa shape index (κ3) is 3.07. The maximum absolute atomic E-state index is 3.58. The van der Waals surface area contributed by atoms with Gasteiger partial charge in [0.2, 0.25) is 0 Å². The second-order valence-corrected chi connectivity index (χ2v) is 7.88. The average Bonchev–Trinajstić information content (AvgIpc) is 2.94. The fourth-order valence-corrected chi connectivity index (χ4v) is 4.23. The average molecular weight is 366 g/mol. The Bertz CT molecular complexity index is 1070. The van der Waals surface area contributed by atoms with E-state index in [9.17, 15) is 0 Å². The lowest BCUT2D eigenvalue weighted by Crippen LogP contribution is -2.15. The highest BCUT2D eigenvalue weighted by atomic mass is 14.9. The number of benzene rings is 3. The Labute approximate surface area is 168 Å². The number of rotatable bonds is 4. The molecule has 1 aliphatic carbocycles. The Kier molecular flexibility index (Phi) is 4.68. The van der Waals surface area contributed by atoms with Gasteiger partial charge in [0.05, 0.1) is 0 Å². The molecule has 0 fully saturated rings. The van der Waals surface area contributed by atoms with Crippen molar-refractivity contribution < 1.29 is 0 Å². The van der Waals surface area contributed by atoms with E-state index >= 15 is 0 Å². The number of hydrogen-bond donors (Lipinski definition) is 1. The molecule has 0 atom stereocenters. The summed E-state index contributed by atoms with van der Waals surface area (Å²) in [6.07, 6.45) is 6.36. The molecule has 0 saturated carbocycles. The molecule has 1 nitrogen and oxygen atoms in total. The molecule has 0 unspecified atom stereocenters. The van der Waals surface area contributed by atoms with Crippen LogP contribution in [0.25, 0.3) is 16.7 Å². The lowest BCUT2D eigenvalue weighted by molar-refractivity contribution is 0.660. The van der Waals surface area contributed by atoms with E-state index in [1.807, 2.05) is 6.92 Å². The van der Waals surface area contributed by atoms with E-state index in [0.29, 0.717) is 0 Å². The van der Waals surface area contributed by atoms with Crippen molar-refractivity contribution in [2.24, 2.45) is 0 Å². The minimum atomic E-state index is 0.0286. The molecule has 0 bridgehead atoms. The van der Waals surface area contributed by atoms with Gasteiger partial charge in [0, 0.05) is 16.8 Å². The van der Waals surface area contributed by atoms with Crippen LogP contribution in [-0.4, -0.2) is 0 Å². The van der Waals surface area contributed by atoms with Gasteiger partial charge in [-0.2, -0.15) is 0 Å². The molecular formula is C27H27N. The quantitative estimate of drug-likeness (QED) is 0.467. The molecular weight excluding hydrogens is 338 g/mol. The number of nitrogens with one attached hydrogen (secondary N) is 1. The number of fused-ring (bicyclic) bond motifs is 3. The second-order valence-electron chi connectivity index (χ2n) is 7.88. The van der Waals surface area contributed by atoms with Crippen LogP contribution in [0.3, 0.4) is 0 Å². The van der Waals surface area contributed by atoms with E-state index < -0.39 is 0 Å². The van der Waals surface area contributed by atoms with E-state index in [2.05, 4.69) is 111 Å². The van der Waals surface area contributed by atoms with Gasteiger partial charge in [-0.15, -0.1) is 0 Å². The number of anilines is 2. The Morgan fingerprint density at radius 3 is 2.18 bits per heavy atom. The topological polar surface area (TPSA) is 12.0 Å². The Morgan fingerprint density at radius 2 is 1.46 bits per heavy atom. The third-order valence-corrected chi connectivity index (χ3v) is 5.75. The Morgan fingerprint density at radius 1 is 0.786 bits per heavy atom. The molecule has 140 valence electrons. The monoisotopic (exact) mass is 365 g/mol. The standard InChI is InChI=1S/C27H27N/c1-5-9-19(6-2)20-12-14-21(15-13-20)28-22-16-17-24-23-10-7-8-11-25(23)27(3,4)26(24)18-22/h5-18,28H,1-4H3/b9-5-,19-6+. The van der Waals surface area contributed by atoms with Crippen molar-refractivity contribution in [3.63, 3.8) is 0 Å². The first kappa shape index (κ1) is 18.3. The molecule has 1 aliphatic rings. The van der Waals surface area contributed by atoms with Crippen LogP contribution < -0.4 is 5.32 Å². The van der Waals surface area contributed by atoms with Gasteiger partial charge in [0.1, 0.15) is 0 Å². The predicted octanol–water partition coefficient (Wildman–Crippen LogP) is 7.72. The maximum Gasteiger partial charge on any atom is 0.0387 e. The van der Waals surface area contributed by atoms with Crippen molar-refractivity contribution in [2.75, 3.05) is 5.32 Å². The van der Waals surface area contributed by atoms with Crippen molar-refractivity contribution in [1.29, 1.82) is 0 Å². The van der Waals surface area contributed by atoms with E-state index in [0.717, 1.165) is 11.4 Å². The normalized spacial score (nSPS) is 14.8. The fourth-order valence-electron chi connectivity index (χ4n) is 4.23. The summed E-state index contributed by atoms with van der Waals surface area (Å²) < 4.78 is 0. The van der Waals surface area contributed by atoms with Crippen molar-refractivity contribution in [3.8, 4) is 11.1 Å². The van der Waals surface area contributed by atoms with Crippen molar-refractivity contribution in [3.05, 3.63) is 102 Å². The van der Waals surface area contributed by atoms with Crippen LogP contribution >= 0.6 is 0 Å². The summed E-state index contributed by atoms with van der Waals surface area (Å²) in [5, 5.41) is 3.58. The molecule has 0 amide bonds. The van der Waals surface area contributed by atoms with Crippen LogP contribution in [0.4, 0.5) is 11.4 Å². The molecule has 28 heavy (non-hydrogen) atoms. The molecule has 1 N–H and O–H groups in total.